The minimum Gasteiger partial charge on any atom is -0.390 e. The van der Waals surface area contributed by atoms with Gasteiger partial charge in [0.15, 0.2) is 0 Å². The fourth-order valence-electron chi connectivity index (χ4n) is 1.66. The summed E-state index contributed by atoms with van der Waals surface area (Å²) >= 11 is 0. The lowest BCUT2D eigenvalue weighted by Gasteiger charge is -2.20. The molecule has 1 N–H and O–H groups in total. The topological polar surface area (TPSA) is 20.2 Å². The maximum atomic E-state index is 9.82. The van der Waals surface area contributed by atoms with E-state index in [-0.39, 0.29) is 0 Å². The summed E-state index contributed by atoms with van der Waals surface area (Å²) in [5.74, 6) is 0. The predicted octanol–water partition coefficient (Wildman–Crippen LogP) is 3.56. The summed E-state index contributed by atoms with van der Waals surface area (Å²) in [6.45, 7) is 3.96. The molecule has 1 aromatic carbocycles. The number of hydrogen-bond acceptors (Lipinski definition) is 1. The summed E-state index contributed by atoms with van der Waals surface area (Å²) in [6, 6.07) is 10.5. The molecule has 0 saturated heterocycles. The van der Waals surface area contributed by atoms with Gasteiger partial charge in [-0.05, 0) is 38.2 Å². The van der Waals surface area contributed by atoms with Gasteiger partial charge in [0.05, 0.1) is 5.60 Å². The van der Waals surface area contributed by atoms with Crippen LogP contribution in [0.4, 0.5) is 0 Å². The van der Waals surface area contributed by atoms with E-state index < -0.39 is 5.60 Å². The van der Waals surface area contributed by atoms with Crippen LogP contribution in [0.25, 0.3) is 0 Å². The third-order valence-corrected chi connectivity index (χ3v) is 3.04. The molecule has 1 rings (SSSR count). The molecule has 0 bridgehead atoms. The van der Waals surface area contributed by atoms with Crippen molar-refractivity contribution < 1.29 is 5.11 Å². The Bertz CT molecular complexity index is 264. The number of benzene rings is 1. The molecule has 0 fully saturated rings. The van der Waals surface area contributed by atoms with Crippen LogP contribution in [0, 0.1) is 0 Å². The van der Waals surface area contributed by atoms with Crippen molar-refractivity contribution in [1.29, 1.82) is 0 Å². The Morgan fingerprint density at radius 3 is 2.40 bits per heavy atom. The average Bonchev–Trinajstić information content (AvgIpc) is 2.26. The van der Waals surface area contributed by atoms with Crippen LogP contribution in [0.3, 0.4) is 0 Å². The minimum atomic E-state index is -0.462. The second-order valence-corrected chi connectivity index (χ2v) is 4.54. The third-order valence-electron chi connectivity index (χ3n) is 3.04. The summed E-state index contributed by atoms with van der Waals surface area (Å²) < 4.78 is 0. The Hall–Kier alpha value is -0.820. The Labute approximate surface area is 93.1 Å². The number of hydrogen-bond donors (Lipinski definition) is 1. The van der Waals surface area contributed by atoms with E-state index in [0.717, 1.165) is 25.7 Å². The van der Waals surface area contributed by atoms with Gasteiger partial charge in [-0.2, -0.15) is 0 Å². The molecule has 0 aromatic heterocycles. The van der Waals surface area contributed by atoms with E-state index in [1.807, 2.05) is 19.9 Å². The summed E-state index contributed by atoms with van der Waals surface area (Å²) in [4.78, 5) is 0. The van der Waals surface area contributed by atoms with E-state index in [2.05, 4.69) is 24.3 Å². The Morgan fingerprint density at radius 2 is 1.80 bits per heavy atom. The van der Waals surface area contributed by atoms with Gasteiger partial charge in [-0.25, -0.2) is 0 Å². The number of aryl methyl sites for hydroxylation is 1. The summed E-state index contributed by atoms with van der Waals surface area (Å²) in [7, 11) is 0. The summed E-state index contributed by atoms with van der Waals surface area (Å²) in [5, 5.41) is 9.82. The summed E-state index contributed by atoms with van der Waals surface area (Å²) in [5.41, 5.74) is 0.935. The molecule has 0 heterocycles. The van der Waals surface area contributed by atoms with Crippen molar-refractivity contribution in [2.24, 2.45) is 0 Å². The average molecular weight is 206 g/mol. The highest BCUT2D eigenvalue weighted by Gasteiger charge is 2.15. The van der Waals surface area contributed by atoms with Crippen LogP contribution in [0.5, 0.6) is 0 Å². The van der Waals surface area contributed by atoms with Crippen molar-refractivity contribution in [3.05, 3.63) is 35.9 Å². The first-order valence-corrected chi connectivity index (χ1v) is 5.90. The maximum absolute atomic E-state index is 9.82. The van der Waals surface area contributed by atoms with Crippen molar-refractivity contribution in [2.45, 2.75) is 51.6 Å². The van der Waals surface area contributed by atoms with Crippen LogP contribution >= 0.6 is 0 Å². The van der Waals surface area contributed by atoms with E-state index in [1.54, 1.807) is 0 Å². The minimum absolute atomic E-state index is 0.462. The lowest BCUT2D eigenvalue weighted by atomic mass is 9.95. The molecule has 15 heavy (non-hydrogen) atoms. The first kappa shape index (κ1) is 12.3. The SMILES string of the molecule is CC[C@](C)(O)CCCCc1ccccc1. The maximum Gasteiger partial charge on any atom is 0.0617 e. The molecule has 1 aromatic rings. The molecule has 0 aliphatic heterocycles. The molecule has 84 valence electrons. The van der Waals surface area contributed by atoms with Crippen LogP contribution in [-0.2, 0) is 6.42 Å². The molecular formula is C14H22O. The van der Waals surface area contributed by atoms with E-state index in [1.165, 1.54) is 12.0 Å². The van der Waals surface area contributed by atoms with Gasteiger partial charge in [-0.1, -0.05) is 43.7 Å². The first-order chi connectivity index (χ1) is 7.14. The van der Waals surface area contributed by atoms with Gasteiger partial charge in [0, 0.05) is 0 Å². The van der Waals surface area contributed by atoms with Crippen molar-refractivity contribution in [3.8, 4) is 0 Å². The zero-order valence-electron chi connectivity index (χ0n) is 9.87. The molecule has 0 unspecified atom stereocenters. The van der Waals surface area contributed by atoms with E-state index in [9.17, 15) is 5.11 Å². The first-order valence-electron chi connectivity index (χ1n) is 5.90. The van der Waals surface area contributed by atoms with E-state index in [4.69, 9.17) is 0 Å². The van der Waals surface area contributed by atoms with Crippen LogP contribution in [0.2, 0.25) is 0 Å². The van der Waals surface area contributed by atoms with Crippen LogP contribution in [0.1, 0.15) is 45.1 Å². The van der Waals surface area contributed by atoms with Crippen molar-refractivity contribution in [2.75, 3.05) is 0 Å². The molecule has 0 aliphatic carbocycles. The van der Waals surface area contributed by atoms with E-state index in [0.29, 0.717) is 0 Å². The number of rotatable bonds is 6. The highest BCUT2D eigenvalue weighted by molar-refractivity contribution is 5.14. The van der Waals surface area contributed by atoms with Crippen molar-refractivity contribution in [1.82, 2.24) is 0 Å². The van der Waals surface area contributed by atoms with Gasteiger partial charge < -0.3 is 5.11 Å². The molecule has 1 heteroatoms. The lowest BCUT2D eigenvalue weighted by molar-refractivity contribution is 0.0444. The quantitative estimate of drug-likeness (QED) is 0.706. The second-order valence-electron chi connectivity index (χ2n) is 4.54. The van der Waals surface area contributed by atoms with Gasteiger partial charge in [0.25, 0.3) is 0 Å². The van der Waals surface area contributed by atoms with Crippen molar-refractivity contribution in [3.63, 3.8) is 0 Å². The molecule has 1 atom stereocenters. The zero-order valence-corrected chi connectivity index (χ0v) is 9.87. The largest absolute Gasteiger partial charge is 0.390 e. The Kier molecular flexibility index (Phi) is 4.83. The highest BCUT2D eigenvalue weighted by Crippen LogP contribution is 2.18. The van der Waals surface area contributed by atoms with E-state index >= 15 is 0 Å². The zero-order chi connectivity index (χ0) is 11.1. The smallest absolute Gasteiger partial charge is 0.0617 e. The molecule has 0 radical (unpaired) electrons. The van der Waals surface area contributed by atoms with Crippen LogP contribution in [0.15, 0.2) is 30.3 Å². The fourth-order valence-corrected chi connectivity index (χ4v) is 1.66. The van der Waals surface area contributed by atoms with Gasteiger partial charge in [0.1, 0.15) is 0 Å². The molecule has 0 spiro atoms. The standard InChI is InChI=1S/C14H22O/c1-3-14(2,15)12-8-7-11-13-9-5-4-6-10-13/h4-6,9-10,15H,3,7-8,11-12H2,1-2H3/t14-/m0/s1. The molecule has 0 amide bonds. The fraction of sp³-hybridized carbons (Fsp3) is 0.571. The highest BCUT2D eigenvalue weighted by atomic mass is 16.3. The van der Waals surface area contributed by atoms with Gasteiger partial charge in [0.2, 0.25) is 0 Å². The predicted molar refractivity (Wildman–Crippen MR) is 64.9 cm³/mol. The van der Waals surface area contributed by atoms with Crippen LogP contribution < -0.4 is 0 Å². The third kappa shape index (κ3) is 4.98. The van der Waals surface area contributed by atoms with Gasteiger partial charge in [-0.3, -0.25) is 0 Å². The van der Waals surface area contributed by atoms with Crippen LogP contribution in [-0.4, -0.2) is 10.7 Å². The van der Waals surface area contributed by atoms with Gasteiger partial charge >= 0.3 is 0 Å². The molecule has 0 aliphatic rings. The Balaban J connectivity index is 2.18. The van der Waals surface area contributed by atoms with Crippen molar-refractivity contribution >= 4 is 0 Å². The normalized spacial score (nSPS) is 14.9. The lowest BCUT2D eigenvalue weighted by Crippen LogP contribution is -2.22. The number of aliphatic hydroxyl groups is 1. The summed E-state index contributed by atoms with van der Waals surface area (Å²) in [6.07, 6.45) is 5.16. The Morgan fingerprint density at radius 1 is 1.13 bits per heavy atom. The second kappa shape index (κ2) is 5.92. The number of unbranched alkanes of at least 4 members (excludes halogenated alkanes) is 1. The molecular weight excluding hydrogens is 184 g/mol. The molecule has 0 saturated carbocycles. The van der Waals surface area contributed by atoms with Gasteiger partial charge in [-0.15, -0.1) is 0 Å². The monoisotopic (exact) mass is 206 g/mol. The molecule has 1 nitrogen and oxygen atoms in total.